The largest absolute Gasteiger partial charge is 0.452 e. The van der Waals surface area contributed by atoms with Gasteiger partial charge in [-0.15, -0.1) is 0 Å². The molecule has 2 bridgehead atoms. The van der Waals surface area contributed by atoms with E-state index < -0.39 is 18.5 Å². The Balaban J connectivity index is 1.25. The zero-order valence-corrected chi connectivity index (χ0v) is 17.7. The first-order valence-electron chi connectivity index (χ1n) is 10.9. The van der Waals surface area contributed by atoms with E-state index in [1.54, 1.807) is 24.3 Å². The predicted molar refractivity (Wildman–Crippen MR) is 117 cm³/mol. The molecule has 3 fully saturated rings. The maximum atomic E-state index is 13.0. The van der Waals surface area contributed by atoms with E-state index in [2.05, 4.69) is 5.32 Å². The number of nitrogens with zero attached hydrogens (tertiary/aromatic N) is 1. The van der Waals surface area contributed by atoms with Crippen LogP contribution in [-0.2, 0) is 19.1 Å². The summed E-state index contributed by atoms with van der Waals surface area (Å²) in [7, 11) is 0. The monoisotopic (exact) mass is 432 g/mol. The van der Waals surface area contributed by atoms with Crippen molar-refractivity contribution in [3.05, 3.63) is 59.7 Å². The summed E-state index contributed by atoms with van der Waals surface area (Å²) < 4.78 is 5.14. The Morgan fingerprint density at radius 3 is 2.38 bits per heavy atom. The molecule has 0 spiro atoms. The lowest BCUT2D eigenvalue weighted by atomic mass is 9.81. The zero-order chi connectivity index (χ0) is 22.4. The molecular formula is C25H24N2O5. The number of hydrogen-bond donors (Lipinski definition) is 1. The van der Waals surface area contributed by atoms with E-state index in [9.17, 15) is 19.2 Å². The third-order valence-electron chi connectivity index (χ3n) is 6.90. The van der Waals surface area contributed by atoms with Crippen LogP contribution in [0, 0.1) is 30.6 Å². The minimum atomic E-state index is -0.689. The highest BCUT2D eigenvalue weighted by atomic mass is 16.5. The van der Waals surface area contributed by atoms with Crippen molar-refractivity contribution in [2.75, 3.05) is 16.8 Å². The van der Waals surface area contributed by atoms with Gasteiger partial charge in [0.25, 0.3) is 5.91 Å². The number of fused-ring (bicyclic) bond motifs is 5. The van der Waals surface area contributed by atoms with Crippen LogP contribution in [0.5, 0.6) is 0 Å². The fourth-order valence-corrected chi connectivity index (χ4v) is 5.57. The van der Waals surface area contributed by atoms with E-state index in [0.29, 0.717) is 23.2 Å². The van der Waals surface area contributed by atoms with Crippen LogP contribution < -0.4 is 10.2 Å². The topological polar surface area (TPSA) is 92.8 Å². The van der Waals surface area contributed by atoms with Crippen LogP contribution in [0.1, 0.15) is 35.2 Å². The smallest absolute Gasteiger partial charge is 0.338 e. The molecular weight excluding hydrogens is 408 g/mol. The van der Waals surface area contributed by atoms with Crippen LogP contribution in [0.15, 0.2) is 48.5 Å². The van der Waals surface area contributed by atoms with Crippen LogP contribution in [-0.4, -0.2) is 30.3 Å². The van der Waals surface area contributed by atoms with Gasteiger partial charge in [-0.25, -0.2) is 4.79 Å². The van der Waals surface area contributed by atoms with Crippen molar-refractivity contribution in [2.45, 2.75) is 26.2 Å². The fraction of sp³-hybridized carbons (Fsp3) is 0.360. The highest BCUT2D eigenvalue weighted by molar-refractivity contribution is 6.22. The third kappa shape index (κ3) is 3.47. The van der Waals surface area contributed by atoms with Crippen molar-refractivity contribution in [3.8, 4) is 0 Å². The number of carbonyl (C=O) groups is 4. The van der Waals surface area contributed by atoms with Gasteiger partial charge in [0, 0.05) is 5.69 Å². The van der Waals surface area contributed by atoms with E-state index in [0.717, 1.165) is 24.8 Å². The lowest BCUT2D eigenvalue weighted by molar-refractivity contribution is -0.123. The van der Waals surface area contributed by atoms with Crippen LogP contribution >= 0.6 is 0 Å². The predicted octanol–water partition coefficient (Wildman–Crippen LogP) is 3.33. The van der Waals surface area contributed by atoms with Crippen molar-refractivity contribution in [3.63, 3.8) is 0 Å². The van der Waals surface area contributed by atoms with Gasteiger partial charge in [0.1, 0.15) is 0 Å². The van der Waals surface area contributed by atoms with Gasteiger partial charge in [-0.1, -0.05) is 18.2 Å². The van der Waals surface area contributed by atoms with Crippen molar-refractivity contribution in [1.82, 2.24) is 0 Å². The maximum Gasteiger partial charge on any atom is 0.338 e. The normalized spacial score (nSPS) is 25.7. The number of esters is 1. The Kier molecular flexibility index (Phi) is 5.04. The molecule has 164 valence electrons. The Morgan fingerprint density at radius 1 is 1.00 bits per heavy atom. The number of carbonyl (C=O) groups excluding carboxylic acids is 4. The van der Waals surface area contributed by atoms with Gasteiger partial charge >= 0.3 is 5.97 Å². The molecule has 7 nitrogen and oxygen atoms in total. The second-order valence-corrected chi connectivity index (χ2v) is 8.94. The SMILES string of the molecule is Cc1cccc(NC(=O)COC(=O)c2cccc(N3C(=O)[C@@H]4[C@H]5CC[C@@H](C5)[C@H]4C3=O)c2)c1. The fourth-order valence-electron chi connectivity index (χ4n) is 5.57. The Bertz CT molecular complexity index is 1100. The van der Waals surface area contributed by atoms with Crippen molar-refractivity contribution in [1.29, 1.82) is 0 Å². The molecule has 2 saturated carbocycles. The van der Waals surface area contributed by atoms with E-state index in [4.69, 9.17) is 4.74 Å². The molecule has 2 aliphatic carbocycles. The van der Waals surface area contributed by atoms with E-state index in [-0.39, 0.29) is 29.2 Å². The number of nitrogens with one attached hydrogen (secondary N) is 1. The van der Waals surface area contributed by atoms with Gasteiger partial charge in [-0.05, 0) is 73.9 Å². The summed E-state index contributed by atoms with van der Waals surface area (Å²) in [5, 5.41) is 2.68. The van der Waals surface area contributed by atoms with E-state index in [1.807, 2.05) is 25.1 Å². The standard InChI is InChI=1S/C25H24N2O5/c1-14-4-2-6-18(10-14)26-20(28)13-32-25(31)17-5-3-7-19(12-17)27-23(29)21-15-8-9-16(11-15)22(21)24(27)30/h2-7,10,12,15-16,21-22H,8-9,11,13H2,1H3,(H,26,28)/t15-,16-,21+,22+/m0/s1. The Labute approximate surface area is 185 Å². The van der Waals surface area contributed by atoms with Crippen molar-refractivity contribution in [2.24, 2.45) is 23.7 Å². The molecule has 2 aromatic rings. The first kappa shape index (κ1) is 20.4. The third-order valence-corrected chi connectivity index (χ3v) is 6.90. The second-order valence-electron chi connectivity index (χ2n) is 8.94. The second kappa shape index (κ2) is 7.89. The number of ether oxygens (including phenoxy) is 1. The summed E-state index contributed by atoms with van der Waals surface area (Å²) in [4.78, 5) is 51.9. The lowest BCUT2D eigenvalue weighted by Crippen LogP contribution is -2.32. The number of amides is 3. The summed E-state index contributed by atoms with van der Waals surface area (Å²) in [6.45, 7) is 1.47. The quantitative estimate of drug-likeness (QED) is 0.578. The number of imide groups is 1. The number of hydrogen-bond acceptors (Lipinski definition) is 5. The highest BCUT2D eigenvalue weighted by Crippen LogP contribution is 2.56. The van der Waals surface area contributed by atoms with Gasteiger partial charge in [0.2, 0.25) is 11.8 Å². The zero-order valence-electron chi connectivity index (χ0n) is 17.7. The van der Waals surface area contributed by atoms with E-state index >= 15 is 0 Å². The molecule has 1 heterocycles. The molecule has 4 atom stereocenters. The van der Waals surface area contributed by atoms with E-state index in [1.165, 1.54) is 11.0 Å². The van der Waals surface area contributed by atoms with Gasteiger partial charge in [-0.2, -0.15) is 0 Å². The summed E-state index contributed by atoms with van der Waals surface area (Å²) >= 11 is 0. The average Bonchev–Trinajstić information content (AvgIpc) is 3.46. The van der Waals surface area contributed by atoms with Crippen LogP contribution in [0.2, 0.25) is 0 Å². The molecule has 3 amide bonds. The molecule has 5 rings (SSSR count). The molecule has 1 saturated heterocycles. The first-order valence-corrected chi connectivity index (χ1v) is 10.9. The molecule has 0 unspecified atom stereocenters. The lowest BCUT2D eigenvalue weighted by Gasteiger charge is -2.19. The minimum Gasteiger partial charge on any atom is -0.452 e. The number of anilines is 2. The highest BCUT2D eigenvalue weighted by Gasteiger charge is 2.61. The molecule has 7 heteroatoms. The van der Waals surface area contributed by atoms with Gasteiger partial charge < -0.3 is 10.1 Å². The van der Waals surface area contributed by atoms with Crippen molar-refractivity contribution >= 4 is 35.1 Å². The van der Waals surface area contributed by atoms with Crippen LogP contribution in [0.3, 0.4) is 0 Å². The molecule has 3 aliphatic rings. The Morgan fingerprint density at radius 2 is 1.69 bits per heavy atom. The number of rotatable bonds is 5. The molecule has 1 N–H and O–H groups in total. The maximum absolute atomic E-state index is 13.0. The van der Waals surface area contributed by atoms with Crippen molar-refractivity contribution < 1.29 is 23.9 Å². The summed E-state index contributed by atoms with van der Waals surface area (Å²) in [5.41, 5.74) is 2.19. The molecule has 2 aromatic carbocycles. The number of benzene rings is 2. The van der Waals surface area contributed by atoms with Crippen LogP contribution in [0.4, 0.5) is 11.4 Å². The Hall–Kier alpha value is -3.48. The van der Waals surface area contributed by atoms with Gasteiger partial charge in [-0.3, -0.25) is 19.3 Å². The average molecular weight is 432 g/mol. The first-order chi connectivity index (χ1) is 15.4. The summed E-state index contributed by atoms with van der Waals surface area (Å²) in [6, 6.07) is 13.6. The summed E-state index contributed by atoms with van der Waals surface area (Å²) in [5.74, 6) is -1.30. The molecule has 32 heavy (non-hydrogen) atoms. The molecule has 0 aromatic heterocycles. The minimum absolute atomic E-state index is 0.157. The van der Waals surface area contributed by atoms with Gasteiger partial charge in [0.05, 0.1) is 23.1 Å². The number of aryl methyl sites for hydroxylation is 1. The van der Waals surface area contributed by atoms with Crippen LogP contribution in [0.25, 0.3) is 0 Å². The summed E-state index contributed by atoms with van der Waals surface area (Å²) in [6.07, 6.45) is 2.99. The molecule has 1 aliphatic heterocycles. The molecule has 0 radical (unpaired) electrons. The van der Waals surface area contributed by atoms with Gasteiger partial charge in [0.15, 0.2) is 6.61 Å².